The Morgan fingerprint density at radius 2 is 1.92 bits per heavy atom. The number of amides is 5. The fraction of sp³-hybridized carbons (Fsp3) is 0.577. The second-order valence-electron chi connectivity index (χ2n) is 10.6. The van der Waals surface area contributed by atoms with Gasteiger partial charge in [0.1, 0.15) is 11.6 Å². The average Bonchev–Trinajstić information content (AvgIpc) is 3.15. The lowest BCUT2D eigenvalue weighted by atomic mass is 10.0. The SMILES string of the molecule is CN(CCN(CCCN)C(=O)OC(C)(C)C)CC(=O)Nc1cccc2c1CN(C1CCC(=O)NC1=O)C2=O. The van der Waals surface area contributed by atoms with Crippen LogP contribution < -0.4 is 16.4 Å². The van der Waals surface area contributed by atoms with E-state index in [4.69, 9.17) is 10.5 Å². The highest BCUT2D eigenvalue weighted by molar-refractivity contribution is 6.06. The predicted molar refractivity (Wildman–Crippen MR) is 140 cm³/mol. The van der Waals surface area contributed by atoms with Crippen LogP contribution in [0.4, 0.5) is 10.5 Å². The van der Waals surface area contributed by atoms with Crippen molar-refractivity contribution >= 4 is 35.4 Å². The number of benzene rings is 1. The van der Waals surface area contributed by atoms with Crippen molar-refractivity contribution < 1.29 is 28.7 Å². The molecule has 0 radical (unpaired) electrons. The number of ether oxygens (including phenoxy) is 1. The van der Waals surface area contributed by atoms with Crippen molar-refractivity contribution in [3.8, 4) is 0 Å². The summed E-state index contributed by atoms with van der Waals surface area (Å²) in [5.74, 6) is -1.41. The molecule has 1 fully saturated rings. The van der Waals surface area contributed by atoms with Crippen molar-refractivity contribution in [3.63, 3.8) is 0 Å². The topological polar surface area (TPSA) is 154 Å². The van der Waals surface area contributed by atoms with Crippen LogP contribution in [0.1, 0.15) is 56.0 Å². The minimum atomic E-state index is -0.727. The first-order chi connectivity index (χ1) is 17.9. The molecule has 2 heterocycles. The van der Waals surface area contributed by atoms with Crippen molar-refractivity contribution in [1.29, 1.82) is 0 Å². The van der Waals surface area contributed by atoms with Crippen LogP contribution in [-0.4, -0.2) is 95.8 Å². The fourth-order valence-electron chi connectivity index (χ4n) is 4.41. The smallest absolute Gasteiger partial charge is 0.410 e. The summed E-state index contributed by atoms with van der Waals surface area (Å²) in [6, 6.07) is 4.34. The molecule has 208 valence electrons. The number of anilines is 1. The number of nitrogens with two attached hydrogens (primary N) is 1. The van der Waals surface area contributed by atoms with E-state index >= 15 is 0 Å². The molecule has 1 saturated heterocycles. The summed E-state index contributed by atoms with van der Waals surface area (Å²) >= 11 is 0. The van der Waals surface area contributed by atoms with Gasteiger partial charge in [-0.05, 0) is 59.3 Å². The monoisotopic (exact) mass is 530 g/mol. The molecule has 12 heteroatoms. The number of hydrogen-bond acceptors (Lipinski definition) is 8. The third-order valence-corrected chi connectivity index (χ3v) is 6.31. The largest absolute Gasteiger partial charge is 0.444 e. The first-order valence-electron chi connectivity index (χ1n) is 12.8. The lowest BCUT2D eigenvalue weighted by molar-refractivity contribution is -0.137. The van der Waals surface area contributed by atoms with Gasteiger partial charge in [-0.15, -0.1) is 0 Å². The number of fused-ring (bicyclic) bond motifs is 1. The maximum absolute atomic E-state index is 13.0. The number of nitrogens with zero attached hydrogens (tertiary/aromatic N) is 3. The molecule has 2 aliphatic heterocycles. The Labute approximate surface area is 222 Å². The van der Waals surface area contributed by atoms with E-state index in [2.05, 4.69) is 10.6 Å². The molecule has 38 heavy (non-hydrogen) atoms. The summed E-state index contributed by atoms with van der Waals surface area (Å²) in [5, 5.41) is 5.16. The molecule has 1 unspecified atom stereocenters. The summed E-state index contributed by atoms with van der Waals surface area (Å²) < 4.78 is 5.48. The van der Waals surface area contributed by atoms with Crippen LogP contribution in [0.15, 0.2) is 18.2 Å². The number of carbonyl (C=O) groups excluding carboxylic acids is 5. The molecule has 1 aromatic carbocycles. The molecule has 5 amide bonds. The zero-order chi connectivity index (χ0) is 28.0. The second kappa shape index (κ2) is 12.4. The number of nitrogens with one attached hydrogen (secondary N) is 2. The molecule has 3 rings (SSSR count). The zero-order valence-electron chi connectivity index (χ0n) is 22.5. The summed E-state index contributed by atoms with van der Waals surface area (Å²) in [6.07, 6.45) is 0.651. The van der Waals surface area contributed by atoms with Crippen LogP contribution in [0.5, 0.6) is 0 Å². The minimum absolute atomic E-state index is 0.0630. The Bertz CT molecular complexity index is 1080. The summed E-state index contributed by atoms with van der Waals surface area (Å²) in [6.45, 7) is 7.36. The van der Waals surface area contributed by atoms with Crippen molar-refractivity contribution in [2.24, 2.45) is 5.73 Å². The van der Waals surface area contributed by atoms with E-state index in [0.717, 1.165) is 0 Å². The molecular formula is C26H38N6O6. The molecule has 1 atom stereocenters. The van der Waals surface area contributed by atoms with Gasteiger partial charge in [-0.3, -0.25) is 29.4 Å². The molecule has 2 aliphatic rings. The predicted octanol–water partition coefficient (Wildman–Crippen LogP) is 0.904. The quantitative estimate of drug-likeness (QED) is 0.377. The molecule has 0 spiro atoms. The van der Waals surface area contributed by atoms with E-state index < -0.39 is 23.6 Å². The van der Waals surface area contributed by atoms with Gasteiger partial charge in [-0.2, -0.15) is 0 Å². The lowest BCUT2D eigenvalue weighted by Gasteiger charge is -2.29. The van der Waals surface area contributed by atoms with Gasteiger partial charge in [0.2, 0.25) is 17.7 Å². The van der Waals surface area contributed by atoms with Crippen LogP contribution in [-0.2, 0) is 25.7 Å². The highest BCUT2D eigenvalue weighted by Crippen LogP contribution is 2.32. The molecule has 12 nitrogen and oxygen atoms in total. The third-order valence-electron chi connectivity index (χ3n) is 6.31. The molecule has 0 aliphatic carbocycles. The molecule has 0 bridgehead atoms. The molecule has 4 N–H and O–H groups in total. The average molecular weight is 531 g/mol. The molecule has 0 aromatic heterocycles. The van der Waals surface area contributed by atoms with Gasteiger partial charge in [0, 0.05) is 49.4 Å². The summed E-state index contributed by atoms with van der Waals surface area (Å²) in [5.41, 5.74) is 6.56. The molecule has 1 aromatic rings. The van der Waals surface area contributed by atoms with E-state index in [-0.39, 0.29) is 43.7 Å². The van der Waals surface area contributed by atoms with Crippen molar-refractivity contribution in [3.05, 3.63) is 29.3 Å². The van der Waals surface area contributed by atoms with Gasteiger partial charge < -0.3 is 25.6 Å². The normalized spacial score (nSPS) is 17.4. The van der Waals surface area contributed by atoms with Crippen LogP contribution in [0.25, 0.3) is 0 Å². The minimum Gasteiger partial charge on any atom is -0.444 e. The van der Waals surface area contributed by atoms with Gasteiger partial charge in [0.05, 0.1) is 6.54 Å². The van der Waals surface area contributed by atoms with Gasteiger partial charge >= 0.3 is 6.09 Å². The second-order valence-corrected chi connectivity index (χ2v) is 10.6. The molecule has 0 saturated carbocycles. The number of piperidine rings is 1. The lowest BCUT2D eigenvalue weighted by Crippen LogP contribution is -2.52. The highest BCUT2D eigenvalue weighted by Gasteiger charge is 2.40. The third kappa shape index (κ3) is 7.51. The van der Waals surface area contributed by atoms with Gasteiger partial charge in [0.25, 0.3) is 5.91 Å². The van der Waals surface area contributed by atoms with Crippen LogP contribution in [0.2, 0.25) is 0 Å². The first-order valence-corrected chi connectivity index (χ1v) is 12.8. The standard InChI is InChI=1S/C26H38N6O6/c1-26(2,3)38-25(37)31(12-6-11-27)14-13-30(4)16-22(34)28-19-8-5-7-17-18(19)15-32(24(17)36)20-9-10-21(33)29-23(20)35/h5,7-8,20H,6,9-16,27H2,1-4H3,(H,28,34)(H,29,33,35). The van der Waals surface area contributed by atoms with Crippen molar-refractivity contribution in [1.82, 2.24) is 20.0 Å². The summed E-state index contributed by atoms with van der Waals surface area (Å²) in [7, 11) is 1.78. The van der Waals surface area contributed by atoms with Crippen LogP contribution in [0.3, 0.4) is 0 Å². The fourth-order valence-corrected chi connectivity index (χ4v) is 4.41. The zero-order valence-corrected chi connectivity index (χ0v) is 22.5. The Kier molecular flexibility index (Phi) is 9.45. The summed E-state index contributed by atoms with van der Waals surface area (Å²) in [4.78, 5) is 67.0. The maximum atomic E-state index is 13.0. The van der Waals surface area contributed by atoms with Gasteiger partial charge in [-0.25, -0.2) is 4.79 Å². The number of carbonyl (C=O) groups is 5. The highest BCUT2D eigenvalue weighted by atomic mass is 16.6. The molecular weight excluding hydrogens is 492 g/mol. The van der Waals surface area contributed by atoms with E-state index in [9.17, 15) is 24.0 Å². The van der Waals surface area contributed by atoms with Crippen molar-refractivity contribution in [2.45, 2.75) is 58.2 Å². The Morgan fingerprint density at radius 1 is 1.18 bits per heavy atom. The number of rotatable bonds is 10. The number of imide groups is 1. The maximum Gasteiger partial charge on any atom is 0.410 e. The first kappa shape index (κ1) is 29.1. The number of hydrogen-bond donors (Lipinski definition) is 3. The van der Waals surface area contributed by atoms with E-state index in [0.29, 0.717) is 49.4 Å². The van der Waals surface area contributed by atoms with Gasteiger partial charge in [-0.1, -0.05) is 6.07 Å². The van der Waals surface area contributed by atoms with E-state index in [1.54, 1.807) is 55.8 Å². The number of likely N-dealkylation sites (N-methyl/N-ethyl adjacent to an activating group) is 1. The van der Waals surface area contributed by atoms with Gasteiger partial charge in [0.15, 0.2) is 0 Å². The van der Waals surface area contributed by atoms with Crippen LogP contribution in [0, 0.1) is 0 Å². The van der Waals surface area contributed by atoms with Crippen molar-refractivity contribution in [2.75, 3.05) is 45.1 Å². The Balaban J connectivity index is 1.58. The Morgan fingerprint density at radius 3 is 2.58 bits per heavy atom. The van der Waals surface area contributed by atoms with E-state index in [1.165, 1.54) is 4.90 Å². The van der Waals surface area contributed by atoms with Crippen LogP contribution >= 0.6 is 0 Å². The van der Waals surface area contributed by atoms with E-state index in [1.807, 2.05) is 0 Å². The Hall–Kier alpha value is -3.51.